The molecule has 4 heteroatoms. The number of benzene rings is 1. The van der Waals surface area contributed by atoms with E-state index in [0.29, 0.717) is 0 Å². The van der Waals surface area contributed by atoms with Crippen LogP contribution in [0.5, 0.6) is 0 Å². The number of halogens is 2. The van der Waals surface area contributed by atoms with Crippen LogP contribution in [0.15, 0.2) is 12.1 Å². The van der Waals surface area contributed by atoms with Crippen molar-refractivity contribution in [2.75, 3.05) is 0 Å². The molecule has 1 nitrogen and oxygen atoms in total. The Labute approximate surface area is 95.7 Å². The summed E-state index contributed by atoms with van der Waals surface area (Å²) < 4.78 is 24.5. The predicted molar refractivity (Wildman–Crippen MR) is 30.6 cm³/mol. The van der Waals surface area contributed by atoms with E-state index in [-0.39, 0.29) is 53.1 Å². The summed E-state index contributed by atoms with van der Waals surface area (Å²) in [5, 5.41) is 0. The summed E-state index contributed by atoms with van der Waals surface area (Å²) in [5.74, 6) is -1.49. The van der Waals surface area contributed by atoms with E-state index in [9.17, 15) is 13.6 Å². The molecular formula is C7H3F2OPr-. The van der Waals surface area contributed by atoms with E-state index in [1.165, 1.54) is 0 Å². The first-order valence-electron chi connectivity index (χ1n) is 2.56. The van der Waals surface area contributed by atoms with E-state index >= 15 is 0 Å². The van der Waals surface area contributed by atoms with E-state index < -0.39 is 11.6 Å². The molecule has 0 fully saturated rings. The zero-order valence-electron chi connectivity index (χ0n) is 5.47. The molecule has 1 rings (SSSR count). The molecular weight excluding hydrogens is 279 g/mol. The van der Waals surface area contributed by atoms with Crippen molar-refractivity contribution in [3.8, 4) is 0 Å². The first kappa shape index (κ1) is 11.1. The number of carbonyl (C=O) groups is 1. The van der Waals surface area contributed by atoms with E-state index in [1.54, 1.807) is 0 Å². The van der Waals surface area contributed by atoms with Crippen molar-refractivity contribution in [2.45, 2.75) is 0 Å². The van der Waals surface area contributed by atoms with Crippen LogP contribution >= 0.6 is 0 Å². The molecule has 0 amide bonds. The van der Waals surface area contributed by atoms with Crippen molar-refractivity contribution in [1.29, 1.82) is 0 Å². The minimum Gasteiger partial charge on any atom is -0.355 e. The van der Waals surface area contributed by atoms with Crippen molar-refractivity contribution in [2.24, 2.45) is 0 Å². The zero-order chi connectivity index (χ0) is 7.56. The van der Waals surface area contributed by atoms with E-state index in [4.69, 9.17) is 0 Å². The van der Waals surface area contributed by atoms with Crippen molar-refractivity contribution < 1.29 is 54.9 Å². The van der Waals surface area contributed by atoms with Gasteiger partial charge in [-0.3, -0.25) is 4.39 Å². The number of aldehydes is 1. The maximum Gasteiger partial charge on any atom is 0.0684 e. The fraction of sp³-hybridized carbons (Fsp3) is 0. The van der Waals surface area contributed by atoms with Crippen molar-refractivity contribution in [1.82, 2.24) is 0 Å². The Balaban J connectivity index is 0.000001000. The molecule has 0 saturated heterocycles. The summed E-state index contributed by atoms with van der Waals surface area (Å²) in [6.07, 6.45) is 0.221. The second-order valence-corrected chi connectivity index (χ2v) is 1.69. The van der Waals surface area contributed by atoms with Crippen LogP contribution in [-0.4, -0.2) is 6.29 Å². The summed E-state index contributed by atoms with van der Waals surface area (Å²) in [5.41, 5.74) is -0.375. The van der Waals surface area contributed by atoms with Gasteiger partial charge in [0.05, 0.1) is 6.29 Å². The van der Waals surface area contributed by atoms with Gasteiger partial charge < -0.3 is 4.79 Å². The van der Waals surface area contributed by atoms with Crippen LogP contribution in [0, 0.1) is 59.0 Å². The molecule has 1 aromatic rings. The Morgan fingerprint density at radius 1 is 1.36 bits per heavy atom. The minimum atomic E-state index is -0.753. The van der Waals surface area contributed by atoms with Gasteiger partial charge in [0.15, 0.2) is 0 Å². The average molecular weight is 282 g/mol. The standard InChI is InChI=1S/C7H3F2O.Pr/c8-6-1-2-7(9)5(3-6)4-10;/h1-2,4H;/q-1;. The molecule has 0 heterocycles. The Bertz CT molecular complexity index is 263. The SMILES string of the molecule is O=Cc1[c-]c(F)ccc1F.[Pr]. The molecule has 0 bridgehead atoms. The van der Waals surface area contributed by atoms with Gasteiger partial charge in [-0.1, -0.05) is 11.6 Å². The van der Waals surface area contributed by atoms with Crippen LogP contribution in [0.25, 0.3) is 0 Å². The van der Waals surface area contributed by atoms with Gasteiger partial charge in [0.1, 0.15) is 0 Å². The third-order valence-corrected chi connectivity index (χ3v) is 1.01. The van der Waals surface area contributed by atoms with Crippen LogP contribution in [0.1, 0.15) is 10.4 Å². The summed E-state index contributed by atoms with van der Waals surface area (Å²) in [6.45, 7) is 0. The molecule has 0 aliphatic heterocycles. The Hall–Kier alpha value is 0.114. The van der Waals surface area contributed by atoms with Gasteiger partial charge in [-0.05, 0) is 0 Å². The first-order chi connectivity index (χ1) is 4.74. The normalized spacial score (nSPS) is 8.55. The van der Waals surface area contributed by atoms with Gasteiger partial charge in [-0.2, -0.15) is 0 Å². The Morgan fingerprint density at radius 3 is 2.45 bits per heavy atom. The first-order valence-corrected chi connectivity index (χ1v) is 2.56. The Morgan fingerprint density at radius 2 is 2.00 bits per heavy atom. The predicted octanol–water partition coefficient (Wildman–Crippen LogP) is 1.58. The molecule has 55 valence electrons. The van der Waals surface area contributed by atoms with Gasteiger partial charge in [-0.25, -0.2) is 4.39 Å². The molecule has 0 N–H and O–H groups in total. The molecule has 0 atom stereocenters. The molecule has 1 radical (unpaired) electrons. The van der Waals surface area contributed by atoms with Gasteiger partial charge in [0.2, 0.25) is 0 Å². The molecule has 0 aliphatic rings. The zero-order valence-corrected chi connectivity index (χ0v) is 9.18. The topological polar surface area (TPSA) is 17.1 Å². The molecule has 0 aliphatic carbocycles. The number of rotatable bonds is 1. The van der Waals surface area contributed by atoms with Crippen molar-refractivity contribution in [3.05, 3.63) is 35.4 Å². The van der Waals surface area contributed by atoms with Gasteiger partial charge in [-0.15, -0.1) is 12.1 Å². The summed E-state index contributed by atoms with van der Waals surface area (Å²) in [7, 11) is 0. The van der Waals surface area contributed by atoms with E-state index in [0.717, 1.165) is 12.1 Å². The largest absolute Gasteiger partial charge is 0.355 e. The fourth-order valence-electron chi connectivity index (χ4n) is 0.552. The molecule has 1 aromatic carbocycles. The van der Waals surface area contributed by atoms with Crippen LogP contribution in [0.3, 0.4) is 0 Å². The van der Waals surface area contributed by atoms with E-state index in [2.05, 4.69) is 0 Å². The molecule has 0 saturated carbocycles. The van der Waals surface area contributed by atoms with Crippen molar-refractivity contribution >= 4 is 6.29 Å². The minimum absolute atomic E-state index is 0. The third-order valence-electron chi connectivity index (χ3n) is 1.01. The molecule has 0 spiro atoms. The van der Waals surface area contributed by atoms with Crippen LogP contribution in [0.4, 0.5) is 8.78 Å². The van der Waals surface area contributed by atoms with Crippen molar-refractivity contribution in [3.63, 3.8) is 0 Å². The second-order valence-electron chi connectivity index (χ2n) is 1.69. The summed E-state index contributed by atoms with van der Waals surface area (Å²) >= 11 is 0. The fourth-order valence-corrected chi connectivity index (χ4v) is 0.552. The molecule has 0 unspecified atom stereocenters. The molecule has 11 heavy (non-hydrogen) atoms. The average Bonchev–Trinajstić information content (AvgIpc) is 1.94. The second kappa shape index (κ2) is 4.88. The van der Waals surface area contributed by atoms with Crippen LogP contribution in [0.2, 0.25) is 0 Å². The molecule has 0 aromatic heterocycles. The maximum absolute atomic E-state index is 12.3. The third kappa shape index (κ3) is 2.91. The maximum atomic E-state index is 12.3. The van der Waals surface area contributed by atoms with Gasteiger partial charge in [0.25, 0.3) is 0 Å². The van der Waals surface area contributed by atoms with Gasteiger partial charge in [0, 0.05) is 52.9 Å². The van der Waals surface area contributed by atoms with Gasteiger partial charge >= 0.3 is 0 Å². The Kier molecular flexibility index (Phi) is 4.94. The van der Waals surface area contributed by atoms with E-state index in [1.807, 2.05) is 6.07 Å². The number of hydrogen-bond acceptors (Lipinski definition) is 1. The number of carbonyl (C=O) groups excluding carboxylic acids is 1. The summed E-state index contributed by atoms with van der Waals surface area (Å²) in [6, 6.07) is 3.71. The quantitative estimate of drug-likeness (QED) is 0.564. The smallest absolute Gasteiger partial charge is 0.0684 e. The van der Waals surface area contributed by atoms with Crippen LogP contribution in [-0.2, 0) is 0 Å². The monoisotopic (exact) mass is 282 g/mol. The van der Waals surface area contributed by atoms with Crippen LogP contribution < -0.4 is 0 Å². The summed E-state index contributed by atoms with van der Waals surface area (Å²) in [4.78, 5) is 9.94. The number of hydrogen-bond donors (Lipinski definition) is 0.